The molecule has 1 aromatic rings. The smallest absolute Gasteiger partial charge is 0.227 e. The summed E-state index contributed by atoms with van der Waals surface area (Å²) >= 11 is 0. The summed E-state index contributed by atoms with van der Waals surface area (Å²) in [5.41, 5.74) is 1.20. The van der Waals surface area contributed by atoms with E-state index in [-0.39, 0.29) is 24.4 Å². The number of nitrogens with one attached hydrogen (secondary N) is 1. The monoisotopic (exact) mass is 282 g/mol. The predicted octanol–water partition coefficient (Wildman–Crippen LogP) is 2.45. The van der Waals surface area contributed by atoms with Gasteiger partial charge in [-0.2, -0.15) is 0 Å². The van der Waals surface area contributed by atoms with Crippen molar-refractivity contribution in [2.75, 3.05) is 13.1 Å². The van der Waals surface area contributed by atoms with Crippen LogP contribution < -0.4 is 5.32 Å². The number of rotatable bonds is 4. The van der Waals surface area contributed by atoms with Crippen molar-refractivity contribution in [3.05, 3.63) is 35.9 Å². The molecule has 0 aromatic heterocycles. The molecule has 1 amide bonds. The normalized spacial score (nSPS) is 18.2. The van der Waals surface area contributed by atoms with Crippen LogP contribution in [0.1, 0.15) is 25.8 Å². The van der Waals surface area contributed by atoms with Gasteiger partial charge in [0, 0.05) is 19.1 Å². The van der Waals surface area contributed by atoms with Gasteiger partial charge >= 0.3 is 0 Å². The predicted molar refractivity (Wildman–Crippen MR) is 80.4 cm³/mol. The zero-order valence-corrected chi connectivity index (χ0v) is 12.5. The van der Waals surface area contributed by atoms with Crippen LogP contribution >= 0.6 is 12.4 Å². The summed E-state index contributed by atoms with van der Waals surface area (Å²) in [6, 6.07) is 10.5. The highest BCUT2D eigenvalue weighted by Gasteiger charge is 2.28. The van der Waals surface area contributed by atoms with Gasteiger partial charge in [-0.1, -0.05) is 30.3 Å². The highest BCUT2D eigenvalue weighted by molar-refractivity contribution is 5.85. The van der Waals surface area contributed by atoms with Crippen LogP contribution in [0.2, 0.25) is 0 Å². The van der Waals surface area contributed by atoms with E-state index in [1.54, 1.807) is 0 Å². The molecule has 0 bridgehead atoms. The Bertz CT molecular complexity index is 388. The quantitative estimate of drug-likeness (QED) is 0.920. The van der Waals surface area contributed by atoms with Crippen molar-refractivity contribution in [2.45, 2.75) is 32.9 Å². The molecule has 1 aliphatic rings. The lowest BCUT2D eigenvalue weighted by atomic mass is 10.1. The lowest BCUT2D eigenvalue weighted by Crippen LogP contribution is -2.41. The van der Waals surface area contributed by atoms with Crippen molar-refractivity contribution < 1.29 is 4.79 Å². The Morgan fingerprint density at radius 1 is 1.37 bits per heavy atom. The maximum absolute atomic E-state index is 12.5. The molecule has 0 saturated carbocycles. The average Bonchev–Trinajstić information content (AvgIpc) is 2.90. The van der Waals surface area contributed by atoms with E-state index in [9.17, 15) is 4.79 Å². The molecule has 1 saturated heterocycles. The summed E-state index contributed by atoms with van der Waals surface area (Å²) in [6.45, 7) is 6.69. The van der Waals surface area contributed by atoms with Crippen molar-refractivity contribution in [3.63, 3.8) is 0 Å². The molecule has 4 heteroatoms. The van der Waals surface area contributed by atoms with E-state index < -0.39 is 0 Å². The Morgan fingerprint density at radius 3 is 2.58 bits per heavy atom. The minimum absolute atomic E-state index is 0. The Balaban J connectivity index is 0.00000180. The zero-order chi connectivity index (χ0) is 13.0. The first-order valence-corrected chi connectivity index (χ1v) is 6.73. The second kappa shape index (κ2) is 7.51. The van der Waals surface area contributed by atoms with Gasteiger partial charge in [-0.3, -0.25) is 4.79 Å². The zero-order valence-electron chi connectivity index (χ0n) is 11.6. The topological polar surface area (TPSA) is 32.3 Å². The summed E-state index contributed by atoms with van der Waals surface area (Å²) in [5, 5.41) is 3.26. The third-order valence-electron chi connectivity index (χ3n) is 3.51. The Hall–Kier alpha value is -1.06. The number of hydrogen-bond acceptors (Lipinski definition) is 2. The summed E-state index contributed by atoms with van der Waals surface area (Å²) < 4.78 is 0. The molecule has 0 aliphatic carbocycles. The highest BCUT2D eigenvalue weighted by atomic mass is 35.5. The van der Waals surface area contributed by atoms with Gasteiger partial charge in [0.25, 0.3) is 0 Å². The fourth-order valence-corrected chi connectivity index (χ4v) is 2.40. The van der Waals surface area contributed by atoms with Crippen LogP contribution in [0, 0.1) is 5.92 Å². The van der Waals surface area contributed by atoms with Gasteiger partial charge in [0.2, 0.25) is 5.91 Å². The summed E-state index contributed by atoms with van der Waals surface area (Å²) in [4.78, 5) is 14.5. The van der Waals surface area contributed by atoms with Crippen LogP contribution in [0.25, 0.3) is 0 Å². The van der Waals surface area contributed by atoms with Gasteiger partial charge in [-0.25, -0.2) is 0 Å². The van der Waals surface area contributed by atoms with Crippen LogP contribution in [0.5, 0.6) is 0 Å². The summed E-state index contributed by atoms with van der Waals surface area (Å²) in [6.07, 6.45) is 0.969. The van der Waals surface area contributed by atoms with Crippen LogP contribution in [-0.2, 0) is 11.3 Å². The van der Waals surface area contributed by atoms with Crippen molar-refractivity contribution in [3.8, 4) is 0 Å². The van der Waals surface area contributed by atoms with Gasteiger partial charge in [0.1, 0.15) is 0 Å². The molecule has 19 heavy (non-hydrogen) atoms. The van der Waals surface area contributed by atoms with E-state index in [0.29, 0.717) is 12.5 Å². The molecular weight excluding hydrogens is 260 g/mol. The first kappa shape index (κ1) is 16.0. The fourth-order valence-electron chi connectivity index (χ4n) is 2.40. The molecule has 1 atom stereocenters. The molecule has 1 aliphatic heterocycles. The number of amides is 1. The molecule has 0 radical (unpaired) electrons. The van der Waals surface area contributed by atoms with Gasteiger partial charge < -0.3 is 10.2 Å². The van der Waals surface area contributed by atoms with E-state index in [1.807, 2.05) is 23.1 Å². The number of benzene rings is 1. The largest absolute Gasteiger partial charge is 0.336 e. The van der Waals surface area contributed by atoms with E-state index >= 15 is 0 Å². The molecule has 1 N–H and O–H groups in total. The van der Waals surface area contributed by atoms with Gasteiger partial charge in [-0.15, -0.1) is 12.4 Å². The van der Waals surface area contributed by atoms with Crippen LogP contribution in [0.4, 0.5) is 0 Å². The second-order valence-corrected chi connectivity index (χ2v) is 5.24. The standard InChI is InChI=1S/C15H22N2O.ClH/c1-12(2)17(11-13-6-4-3-5-7-13)15(18)14-8-9-16-10-14;/h3-7,12,14,16H,8-11H2,1-2H3;1H. The maximum Gasteiger partial charge on any atom is 0.227 e. The minimum atomic E-state index is 0. The summed E-state index contributed by atoms with van der Waals surface area (Å²) in [5.74, 6) is 0.454. The Labute approximate surface area is 121 Å². The molecule has 0 spiro atoms. The molecule has 1 heterocycles. The molecule has 1 fully saturated rings. The number of carbonyl (C=O) groups is 1. The van der Waals surface area contributed by atoms with Crippen molar-refractivity contribution in [1.82, 2.24) is 10.2 Å². The first-order chi connectivity index (χ1) is 8.68. The first-order valence-electron chi connectivity index (χ1n) is 6.73. The number of carbonyl (C=O) groups excluding carboxylic acids is 1. The van der Waals surface area contributed by atoms with Crippen LogP contribution in [0.3, 0.4) is 0 Å². The fraction of sp³-hybridized carbons (Fsp3) is 0.533. The number of halogens is 1. The molecule has 2 rings (SSSR count). The average molecular weight is 283 g/mol. The maximum atomic E-state index is 12.5. The third kappa shape index (κ3) is 4.22. The molecule has 1 unspecified atom stereocenters. The van der Waals surface area contributed by atoms with Gasteiger partial charge in [0.15, 0.2) is 0 Å². The lowest BCUT2D eigenvalue weighted by Gasteiger charge is -2.29. The Kier molecular flexibility index (Phi) is 6.32. The van der Waals surface area contributed by atoms with Crippen molar-refractivity contribution in [1.29, 1.82) is 0 Å². The molecule has 106 valence electrons. The van der Waals surface area contributed by atoms with Gasteiger partial charge in [0.05, 0.1) is 5.92 Å². The molecule has 1 aromatic carbocycles. The Morgan fingerprint density at radius 2 is 2.05 bits per heavy atom. The second-order valence-electron chi connectivity index (χ2n) is 5.24. The third-order valence-corrected chi connectivity index (χ3v) is 3.51. The van der Waals surface area contributed by atoms with Crippen molar-refractivity contribution in [2.24, 2.45) is 5.92 Å². The minimum Gasteiger partial charge on any atom is -0.336 e. The lowest BCUT2D eigenvalue weighted by molar-refractivity contribution is -0.137. The molecular formula is C15H23ClN2O. The van der Waals surface area contributed by atoms with Gasteiger partial charge in [-0.05, 0) is 32.4 Å². The summed E-state index contributed by atoms with van der Waals surface area (Å²) in [7, 11) is 0. The van der Waals surface area contributed by atoms with E-state index in [1.165, 1.54) is 5.56 Å². The van der Waals surface area contributed by atoms with Crippen LogP contribution in [-0.4, -0.2) is 29.9 Å². The van der Waals surface area contributed by atoms with E-state index in [4.69, 9.17) is 0 Å². The number of nitrogens with zero attached hydrogens (tertiary/aromatic N) is 1. The van der Waals surface area contributed by atoms with Crippen LogP contribution in [0.15, 0.2) is 30.3 Å². The number of hydrogen-bond donors (Lipinski definition) is 1. The highest BCUT2D eigenvalue weighted by Crippen LogP contribution is 2.16. The SMILES string of the molecule is CC(C)N(Cc1ccccc1)C(=O)C1CCNC1.Cl. The van der Waals surface area contributed by atoms with E-state index in [0.717, 1.165) is 19.5 Å². The molecule has 3 nitrogen and oxygen atoms in total. The van der Waals surface area contributed by atoms with Crippen molar-refractivity contribution >= 4 is 18.3 Å². The van der Waals surface area contributed by atoms with E-state index in [2.05, 4.69) is 31.3 Å².